The predicted molar refractivity (Wildman–Crippen MR) is 93.7 cm³/mol. The molecule has 1 aromatic carbocycles. The third-order valence-electron chi connectivity index (χ3n) is 2.79. The Morgan fingerprint density at radius 2 is 1.80 bits per heavy atom. The van der Waals surface area contributed by atoms with Gasteiger partial charge in [-0.3, -0.25) is 0 Å². The van der Waals surface area contributed by atoms with E-state index in [0.29, 0.717) is 21.4 Å². The highest BCUT2D eigenvalue weighted by Gasteiger charge is 2.16. The van der Waals surface area contributed by atoms with E-state index in [1.54, 1.807) is 12.1 Å². The van der Waals surface area contributed by atoms with E-state index >= 15 is 0 Å². The van der Waals surface area contributed by atoms with Gasteiger partial charge in [0.05, 0.1) is 24.9 Å². The summed E-state index contributed by atoms with van der Waals surface area (Å²) in [7, 11) is 0. The van der Waals surface area contributed by atoms with E-state index in [2.05, 4.69) is 44.8 Å². The maximum absolute atomic E-state index is 6.24. The van der Waals surface area contributed by atoms with E-state index in [-0.39, 0.29) is 0 Å². The molecule has 0 fully saturated rings. The molecule has 0 saturated carbocycles. The molecule has 0 radical (unpaired) electrons. The first-order chi connectivity index (χ1) is 9.58. The van der Waals surface area contributed by atoms with Crippen LogP contribution in [0.3, 0.4) is 0 Å². The van der Waals surface area contributed by atoms with Gasteiger partial charge in [-0.15, -0.1) is 0 Å². The Hall–Kier alpha value is -0.590. The zero-order valence-corrected chi connectivity index (χ0v) is 14.8. The Labute approximate surface area is 142 Å². The lowest BCUT2D eigenvalue weighted by atomic mass is 10.2. The molecule has 0 unspecified atom stereocenters. The number of hydrogen-bond acceptors (Lipinski definition) is 3. The summed E-state index contributed by atoms with van der Waals surface area (Å²) in [6, 6.07) is 5.40. The van der Waals surface area contributed by atoms with Crippen molar-refractivity contribution in [3.63, 3.8) is 0 Å². The lowest BCUT2D eigenvalue weighted by Crippen LogP contribution is -2.08. The molecule has 1 N–H and O–H groups in total. The number of anilines is 1. The fraction of sp³-hybridized carbons (Fsp3) is 0.286. The smallest absolute Gasteiger partial charge is 0.164 e. The van der Waals surface area contributed by atoms with Crippen LogP contribution >= 0.6 is 45.8 Å². The van der Waals surface area contributed by atoms with Gasteiger partial charge >= 0.3 is 0 Å². The predicted octanol–water partition coefficient (Wildman–Crippen LogP) is 5.05. The quantitative estimate of drug-likeness (QED) is 0.702. The molecule has 0 aliphatic rings. The maximum atomic E-state index is 6.24. The number of benzene rings is 1. The summed E-state index contributed by atoms with van der Waals surface area (Å²) in [6.07, 6.45) is 0.828. The van der Waals surface area contributed by atoms with Gasteiger partial charge in [-0.2, -0.15) is 0 Å². The second-order valence-electron chi connectivity index (χ2n) is 4.14. The molecular formula is C14H14Cl2IN3. The lowest BCUT2D eigenvalue weighted by molar-refractivity contribution is 0.982. The van der Waals surface area contributed by atoms with Crippen LogP contribution in [0.5, 0.6) is 0 Å². The largest absolute Gasteiger partial charge is 0.369 e. The first kappa shape index (κ1) is 15.8. The molecule has 0 atom stereocenters. The van der Waals surface area contributed by atoms with Crippen LogP contribution in [0.25, 0.3) is 11.4 Å². The van der Waals surface area contributed by atoms with Crippen molar-refractivity contribution < 1.29 is 0 Å². The summed E-state index contributed by atoms with van der Waals surface area (Å²) in [6.45, 7) is 4.90. The lowest BCUT2D eigenvalue weighted by Gasteiger charge is -2.13. The van der Waals surface area contributed by atoms with E-state index in [1.807, 2.05) is 13.0 Å². The SMILES string of the molecule is CCNc1nc(-c2c(Cl)cccc2Cl)nc(CC)c1I. The zero-order chi connectivity index (χ0) is 14.7. The number of hydrogen-bond donors (Lipinski definition) is 1. The van der Waals surface area contributed by atoms with Gasteiger partial charge in [0.2, 0.25) is 0 Å². The van der Waals surface area contributed by atoms with E-state index < -0.39 is 0 Å². The Bertz CT molecular complexity index is 612. The molecule has 6 heteroatoms. The molecule has 0 amide bonds. The third kappa shape index (κ3) is 3.18. The standard InChI is InChI=1S/C14H14Cl2IN3/c1-3-10-12(17)14(18-4-2)20-13(19-10)11-8(15)6-5-7-9(11)16/h5-7H,3-4H2,1-2H3,(H,18,19,20). The molecule has 1 heterocycles. The second kappa shape index (κ2) is 6.91. The fourth-order valence-electron chi connectivity index (χ4n) is 1.84. The fourth-order valence-corrected chi connectivity index (χ4v) is 3.22. The number of aryl methyl sites for hydroxylation is 1. The number of halogens is 3. The van der Waals surface area contributed by atoms with Gasteiger partial charge in [-0.05, 0) is 48.1 Å². The Morgan fingerprint density at radius 3 is 2.35 bits per heavy atom. The number of nitrogens with zero attached hydrogens (tertiary/aromatic N) is 2. The van der Waals surface area contributed by atoms with Crippen LogP contribution in [0.2, 0.25) is 10.0 Å². The maximum Gasteiger partial charge on any atom is 0.164 e. The van der Waals surface area contributed by atoms with E-state index in [9.17, 15) is 0 Å². The first-order valence-electron chi connectivity index (χ1n) is 6.33. The molecule has 0 bridgehead atoms. The van der Waals surface area contributed by atoms with Gasteiger partial charge in [0, 0.05) is 6.54 Å². The summed E-state index contributed by atoms with van der Waals surface area (Å²) >= 11 is 14.7. The minimum absolute atomic E-state index is 0.559. The third-order valence-corrected chi connectivity index (χ3v) is 4.55. The number of rotatable bonds is 4. The summed E-state index contributed by atoms with van der Waals surface area (Å²) in [5.41, 5.74) is 1.67. The highest BCUT2D eigenvalue weighted by Crippen LogP contribution is 2.34. The minimum atomic E-state index is 0.559. The van der Waals surface area contributed by atoms with E-state index in [4.69, 9.17) is 23.2 Å². The summed E-state index contributed by atoms with van der Waals surface area (Å²) < 4.78 is 1.04. The van der Waals surface area contributed by atoms with E-state index in [1.165, 1.54) is 0 Å². The average molecular weight is 422 g/mol. The summed E-state index contributed by atoms with van der Waals surface area (Å²) in [4.78, 5) is 9.16. The highest BCUT2D eigenvalue weighted by molar-refractivity contribution is 14.1. The van der Waals surface area contributed by atoms with Crippen molar-refractivity contribution >= 4 is 51.6 Å². The van der Waals surface area contributed by atoms with Gasteiger partial charge in [-0.25, -0.2) is 9.97 Å². The molecule has 0 aliphatic heterocycles. The minimum Gasteiger partial charge on any atom is -0.369 e. The zero-order valence-electron chi connectivity index (χ0n) is 11.2. The number of nitrogens with one attached hydrogen (secondary N) is 1. The van der Waals surface area contributed by atoms with E-state index in [0.717, 1.165) is 28.0 Å². The first-order valence-corrected chi connectivity index (χ1v) is 8.16. The van der Waals surface area contributed by atoms with Gasteiger partial charge < -0.3 is 5.32 Å². The van der Waals surface area contributed by atoms with Crippen molar-refractivity contribution in [3.05, 3.63) is 37.5 Å². The summed E-state index contributed by atoms with van der Waals surface area (Å²) in [5.74, 6) is 1.39. The molecule has 1 aromatic heterocycles. The number of aromatic nitrogens is 2. The Morgan fingerprint density at radius 1 is 1.15 bits per heavy atom. The van der Waals surface area contributed by atoms with Crippen LogP contribution in [-0.2, 0) is 6.42 Å². The molecule has 0 aliphatic carbocycles. The van der Waals surface area contributed by atoms with Gasteiger partial charge in [0.1, 0.15) is 5.82 Å². The molecule has 3 nitrogen and oxygen atoms in total. The Kier molecular flexibility index (Phi) is 5.46. The average Bonchev–Trinajstić information content (AvgIpc) is 2.42. The summed E-state index contributed by atoms with van der Waals surface area (Å²) in [5, 5.41) is 4.37. The monoisotopic (exact) mass is 421 g/mol. The van der Waals surface area contributed by atoms with Crippen LogP contribution in [0.1, 0.15) is 19.5 Å². The van der Waals surface area contributed by atoms with Crippen LogP contribution in [-0.4, -0.2) is 16.5 Å². The molecule has 20 heavy (non-hydrogen) atoms. The topological polar surface area (TPSA) is 37.8 Å². The van der Waals surface area contributed by atoms with Crippen molar-refractivity contribution in [2.45, 2.75) is 20.3 Å². The molecular weight excluding hydrogens is 408 g/mol. The van der Waals surface area contributed by atoms with Crippen molar-refractivity contribution in [3.8, 4) is 11.4 Å². The molecule has 0 saturated heterocycles. The van der Waals surface area contributed by atoms with Crippen LogP contribution in [0.4, 0.5) is 5.82 Å². The van der Waals surface area contributed by atoms with Crippen LogP contribution in [0, 0.1) is 3.57 Å². The second-order valence-corrected chi connectivity index (χ2v) is 6.03. The molecule has 2 aromatic rings. The normalized spacial score (nSPS) is 10.7. The van der Waals surface area contributed by atoms with Crippen molar-refractivity contribution in [1.29, 1.82) is 0 Å². The molecule has 0 spiro atoms. The van der Waals surface area contributed by atoms with Crippen LogP contribution in [0.15, 0.2) is 18.2 Å². The highest BCUT2D eigenvalue weighted by atomic mass is 127. The van der Waals surface area contributed by atoms with Gasteiger partial charge in [0.15, 0.2) is 5.82 Å². The van der Waals surface area contributed by atoms with Crippen molar-refractivity contribution in [1.82, 2.24) is 9.97 Å². The van der Waals surface area contributed by atoms with Crippen molar-refractivity contribution in [2.75, 3.05) is 11.9 Å². The van der Waals surface area contributed by atoms with Crippen molar-refractivity contribution in [2.24, 2.45) is 0 Å². The van der Waals surface area contributed by atoms with Gasteiger partial charge in [-0.1, -0.05) is 36.2 Å². The molecule has 2 rings (SSSR count). The molecule has 106 valence electrons. The Balaban J connectivity index is 2.65. The van der Waals surface area contributed by atoms with Crippen LogP contribution < -0.4 is 5.32 Å². The van der Waals surface area contributed by atoms with Gasteiger partial charge in [0.25, 0.3) is 0 Å².